The summed E-state index contributed by atoms with van der Waals surface area (Å²) < 4.78 is 5.70. The molecule has 2 aliphatic heterocycles. The Morgan fingerprint density at radius 3 is 2.64 bits per heavy atom. The van der Waals surface area contributed by atoms with Crippen LogP contribution in [0.3, 0.4) is 0 Å². The Morgan fingerprint density at radius 2 is 1.84 bits per heavy atom. The monoisotopic (exact) mass is 336 g/mol. The van der Waals surface area contributed by atoms with Gasteiger partial charge in [0.2, 0.25) is 0 Å². The van der Waals surface area contributed by atoms with Crippen molar-refractivity contribution in [1.29, 1.82) is 0 Å². The molecule has 1 saturated heterocycles. The summed E-state index contributed by atoms with van der Waals surface area (Å²) in [6.07, 6.45) is 0. The first-order chi connectivity index (χ1) is 12.2. The van der Waals surface area contributed by atoms with Crippen LogP contribution in [0.5, 0.6) is 0 Å². The molecule has 5 nitrogen and oxygen atoms in total. The van der Waals surface area contributed by atoms with Crippen LogP contribution < -0.4 is 0 Å². The van der Waals surface area contributed by atoms with Gasteiger partial charge in [0, 0.05) is 20.1 Å². The number of nitrogens with zero attached hydrogens (tertiary/aromatic N) is 2. The molecule has 1 fully saturated rings. The Kier molecular flexibility index (Phi) is 4.11. The van der Waals surface area contributed by atoms with Crippen molar-refractivity contribution in [2.45, 2.75) is 12.6 Å². The van der Waals surface area contributed by atoms with Gasteiger partial charge in [0.25, 0.3) is 11.8 Å². The van der Waals surface area contributed by atoms with Crippen LogP contribution in [0.15, 0.2) is 48.5 Å². The van der Waals surface area contributed by atoms with Crippen molar-refractivity contribution in [1.82, 2.24) is 9.80 Å². The molecule has 0 spiro atoms. The zero-order valence-electron chi connectivity index (χ0n) is 14.1. The van der Waals surface area contributed by atoms with Crippen molar-refractivity contribution in [3.8, 4) is 0 Å². The minimum Gasteiger partial charge on any atom is -0.378 e. The van der Waals surface area contributed by atoms with Gasteiger partial charge in [0.05, 0.1) is 30.4 Å². The van der Waals surface area contributed by atoms with Gasteiger partial charge in [0.15, 0.2) is 0 Å². The number of benzene rings is 2. The highest BCUT2D eigenvalue weighted by Gasteiger charge is 2.38. The zero-order chi connectivity index (χ0) is 17.4. The van der Waals surface area contributed by atoms with Crippen molar-refractivity contribution in [2.75, 3.05) is 26.8 Å². The van der Waals surface area contributed by atoms with E-state index in [1.165, 1.54) is 17.5 Å². The van der Waals surface area contributed by atoms with Gasteiger partial charge >= 0.3 is 0 Å². The number of morpholine rings is 1. The fraction of sp³-hybridized carbons (Fsp3) is 0.300. The van der Waals surface area contributed by atoms with Gasteiger partial charge in [-0.25, -0.2) is 0 Å². The molecule has 0 radical (unpaired) electrons. The highest BCUT2D eigenvalue weighted by atomic mass is 16.5. The van der Waals surface area contributed by atoms with Crippen LogP contribution in [0.1, 0.15) is 37.9 Å². The van der Waals surface area contributed by atoms with E-state index in [0.29, 0.717) is 24.3 Å². The lowest BCUT2D eigenvalue weighted by molar-refractivity contribution is -0.0129. The standard InChI is InChI=1S/C20H20N2O3/c1-21-19(23)16-9-5-8-15(18(16)20(21)24)17-13-25-11-10-22(17)12-14-6-3-2-4-7-14/h2-9,17H,10-13H2,1H3. The fourth-order valence-corrected chi connectivity index (χ4v) is 3.64. The first-order valence-electron chi connectivity index (χ1n) is 8.48. The number of imide groups is 1. The lowest BCUT2D eigenvalue weighted by Crippen LogP contribution is -2.39. The maximum atomic E-state index is 12.6. The third kappa shape index (κ3) is 2.75. The number of carbonyl (C=O) groups excluding carboxylic acids is 2. The van der Waals surface area contributed by atoms with Crippen molar-refractivity contribution in [2.24, 2.45) is 0 Å². The zero-order valence-corrected chi connectivity index (χ0v) is 14.1. The van der Waals surface area contributed by atoms with E-state index in [1.54, 1.807) is 6.07 Å². The van der Waals surface area contributed by atoms with Crippen molar-refractivity contribution < 1.29 is 14.3 Å². The molecular weight excluding hydrogens is 316 g/mol. The molecule has 2 amide bonds. The van der Waals surface area contributed by atoms with Gasteiger partial charge in [0.1, 0.15) is 0 Å². The maximum Gasteiger partial charge on any atom is 0.261 e. The van der Waals surface area contributed by atoms with Crippen LogP contribution >= 0.6 is 0 Å². The summed E-state index contributed by atoms with van der Waals surface area (Å²) in [6.45, 7) is 2.78. The summed E-state index contributed by atoms with van der Waals surface area (Å²) in [5, 5.41) is 0. The van der Waals surface area contributed by atoms with Crippen molar-refractivity contribution in [3.05, 3.63) is 70.8 Å². The molecule has 2 aromatic rings. The lowest BCUT2D eigenvalue weighted by atomic mass is 9.95. The molecule has 2 aliphatic rings. The Balaban J connectivity index is 1.71. The van der Waals surface area contributed by atoms with E-state index < -0.39 is 0 Å². The summed E-state index contributed by atoms with van der Waals surface area (Å²) in [5.74, 6) is -0.450. The fourth-order valence-electron chi connectivity index (χ4n) is 3.64. The maximum absolute atomic E-state index is 12.6. The van der Waals surface area contributed by atoms with E-state index in [4.69, 9.17) is 4.74 Å². The average Bonchev–Trinajstić information content (AvgIpc) is 2.88. The molecule has 5 heteroatoms. The van der Waals surface area contributed by atoms with E-state index >= 15 is 0 Å². The summed E-state index contributed by atoms with van der Waals surface area (Å²) in [4.78, 5) is 28.4. The highest BCUT2D eigenvalue weighted by Crippen LogP contribution is 2.33. The normalized spacial score (nSPS) is 20.8. The third-order valence-electron chi connectivity index (χ3n) is 4.98. The third-order valence-corrected chi connectivity index (χ3v) is 4.98. The molecule has 2 aromatic carbocycles. The van der Waals surface area contributed by atoms with Gasteiger partial charge in [-0.2, -0.15) is 0 Å². The van der Waals surface area contributed by atoms with Crippen LogP contribution in [-0.2, 0) is 11.3 Å². The molecular formula is C20H20N2O3. The molecule has 1 atom stereocenters. The predicted molar refractivity (Wildman–Crippen MR) is 93.3 cm³/mol. The Bertz CT molecular complexity index is 819. The molecule has 2 heterocycles. The lowest BCUT2D eigenvalue weighted by Gasteiger charge is -2.36. The molecule has 0 aliphatic carbocycles. The molecule has 128 valence electrons. The van der Waals surface area contributed by atoms with Gasteiger partial charge in [-0.3, -0.25) is 19.4 Å². The summed E-state index contributed by atoms with van der Waals surface area (Å²) in [5.41, 5.74) is 3.14. The molecule has 0 bridgehead atoms. The van der Waals surface area contributed by atoms with Gasteiger partial charge in [-0.15, -0.1) is 0 Å². The Morgan fingerprint density at radius 1 is 1.04 bits per heavy atom. The smallest absolute Gasteiger partial charge is 0.261 e. The molecule has 0 saturated carbocycles. The number of hydrogen-bond acceptors (Lipinski definition) is 4. The number of amides is 2. The van der Waals surface area contributed by atoms with Crippen LogP contribution in [0.25, 0.3) is 0 Å². The number of hydrogen-bond donors (Lipinski definition) is 0. The van der Waals surface area contributed by atoms with E-state index in [9.17, 15) is 9.59 Å². The average molecular weight is 336 g/mol. The van der Waals surface area contributed by atoms with Gasteiger partial charge < -0.3 is 4.74 Å². The second-order valence-corrected chi connectivity index (χ2v) is 6.49. The Hall–Kier alpha value is -2.50. The number of carbonyl (C=O) groups is 2. The van der Waals surface area contributed by atoms with E-state index in [2.05, 4.69) is 17.0 Å². The highest BCUT2D eigenvalue weighted by molar-refractivity contribution is 6.21. The Labute approximate surface area is 146 Å². The molecule has 25 heavy (non-hydrogen) atoms. The first-order valence-corrected chi connectivity index (χ1v) is 8.48. The summed E-state index contributed by atoms with van der Waals surface area (Å²) >= 11 is 0. The van der Waals surface area contributed by atoms with Gasteiger partial charge in [-0.1, -0.05) is 42.5 Å². The SMILES string of the molecule is CN1C(=O)c2cccc(C3COCCN3Cc3ccccc3)c2C1=O. The molecule has 1 unspecified atom stereocenters. The molecule has 0 N–H and O–H groups in total. The van der Waals surface area contributed by atoms with E-state index in [-0.39, 0.29) is 17.9 Å². The molecule has 0 aromatic heterocycles. The largest absolute Gasteiger partial charge is 0.378 e. The van der Waals surface area contributed by atoms with Crippen molar-refractivity contribution in [3.63, 3.8) is 0 Å². The molecule has 4 rings (SSSR count). The number of ether oxygens (including phenoxy) is 1. The van der Waals surface area contributed by atoms with Crippen LogP contribution in [0.4, 0.5) is 0 Å². The number of rotatable bonds is 3. The minimum absolute atomic E-state index is 0.0350. The summed E-state index contributed by atoms with van der Waals surface area (Å²) in [6, 6.07) is 15.8. The summed E-state index contributed by atoms with van der Waals surface area (Å²) in [7, 11) is 1.54. The van der Waals surface area contributed by atoms with E-state index in [1.807, 2.05) is 30.3 Å². The van der Waals surface area contributed by atoms with Crippen LogP contribution in [-0.4, -0.2) is 48.4 Å². The van der Waals surface area contributed by atoms with E-state index in [0.717, 1.165) is 18.7 Å². The second-order valence-electron chi connectivity index (χ2n) is 6.49. The van der Waals surface area contributed by atoms with Gasteiger partial charge in [-0.05, 0) is 17.2 Å². The second kappa shape index (κ2) is 6.43. The van der Waals surface area contributed by atoms with Crippen LogP contribution in [0, 0.1) is 0 Å². The first kappa shape index (κ1) is 16.0. The van der Waals surface area contributed by atoms with Crippen LogP contribution in [0.2, 0.25) is 0 Å². The topological polar surface area (TPSA) is 49.9 Å². The van der Waals surface area contributed by atoms with Crippen molar-refractivity contribution >= 4 is 11.8 Å². The quantitative estimate of drug-likeness (QED) is 0.808. The minimum atomic E-state index is -0.229. The predicted octanol–water partition coefficient (Wildman–Crippen LogP) is 2.49. The number of fused-ring (bicyclic) bond motifs is 1.